The van der Waals surface area contributed by atoms with Gasteiger partial charge in [0.1, 0.15) is 11.8 Å². The van der Waals surface area contributed by atoms with Crippen molar-refractivity contribution in [3.8, 4) is 5.75 Å². The zero-order valence-corrected chi connectivity index (χ0v) is 18.4. The van der Waals surface area contributed by atoms with Crippen LogP contribution in [0.4, 0.5) is 0 Å². The van der Waals surface area contributed by atoms with Crippen molar-refractivity contribution in [2.45, 2.75) is 38.8 Å². The molecular weight excluding hydrogens is 388 g/mol. The highest BCUT2D eigenvalue weighted by molar-refractivity contribution is 5.89. The SMILES string of the molecule is CCC(C(=O)NC)N(Cc1cccc(OC)c1)C(=O)CCc1cccc2ccccc12. The number of likely N-dealkylation sites (N-methyl/N-ethyl adjacent to an activating group) is 1. The van der Waals surface area contributed by atoms with Crippen molar-refractivity contribution in [3.05, 3.63) is 77.9 Å². The van der Waals surface area contributed by atoms with Crippen molar-refractivity contribution in [1.82, 2.24) is 10.2 Å². The summed E-state index contributed by atoms with van der Waals surface area (Å²) in [5.41, 5.74) is 2.07. The van der Waals surface area contributed by atoms with Crippen LogP contribution in [0.3, 0.4) is 0 Å². The highest BCUT2D eigenvalue weighted by atomic mass is 16.5. The van der Waals surface area contributed by atoms with Gasteiger partial charge in [0.05, 0.1) is 7.11 Å². The molecule has 162 valence electrons. The fourth-order valence-electron chi connectivity index (χ4n) is 3.95. The highest BCUT2D eigenvalue weighted by Gasteiger charge is 2.27. The van der Waals surface area contributed by atoms with Gasteiger partial charge in [0.15, 0.2) is 0 Å². The Hall–Kier alpha value is -3.34. The van der Waals surface area contributed by atoms with Gasteiger partial charge in [-0.05, 0) is 46.9 Å². The molecule has 0 saturated heterocycles. The predicted molar refractivity (Wildman–Crippen MR) is 124 cm³/mol. The minimum Gasteiger partial charge on any atom is -0.497 e. The number of nitrogens with zero attached hydrogens (tertiary/aromatic N) is 1. The van der Waals surface area contributed by atoms with Gasteiger partial charge in [-0.25, -0.2) is 0 Å². The number of nitrogens with one attached hydrogen (secondary N) is 1. The van der Waals surface area contributed by atoms with Crippen molar-refractivity contribution in [3.63, 3.8) is 0 Å². The summed E-state index contributed by atoms with van der Waals surface area (Å²) >= 11 is 0. The van der Waals surface area contributed by atoms with E-state index in [1.165, 1.54) is 0 Å². The molecule has 3 aromatic carbocycles. The Kier molecular flexibility index (Phi) is 7.65. The van der Waals surface area contributed by atoms with Crippen molar-refractivity contribution in [1.29, 1.82) is 0 Å². The molecule has 3 rings (SSSR count). The summed E-state index contributed by atoms with van der Waals surface area (Å²) in [6.07, 6.45) is 1.51. The Morgan fingerprint density at radius 1 is 1.03 bits per heavy atom. The standard InChI is InChI=1S/C26H30N2O3/c1-4-24(26(30)27-2)28(18-19-9-7-13-22(17-19)31-3)25(29)16-15-21-12-8-11-20-10-5-6-14-23(20)21/h5-14,17,24H,4,15-16,18H2,1-3H3,(H,27,30). The molecule has 31 heavy (non-hydrogen) atoms. The third-order valence-corrected chi connectivity index (χ3v) is 5.61. The van der Waals surface area contributed by atoms with Gasteiger partial charge in [0.25, 0.3) is 0 Å². The molecule has 1 unspecified atom stereocenters. The molecule has 5 heteroatoms. The number of hydrogen-bond donors (Lipinski definition) is 1. The average Bonchev–Trinajstić information content (AvgIpc) is 2.82. The van der Waals surface area contributed by atoms with Gasteiger partial charge in [-0.2, -0.15) is 0 Å². The number of benzene rings is 3. The zero-order valence-electron chi connectivity index (χ0n) is 18.4. The Labute approximate surface area is 184 Å². The first kappa shape index (κ1) is 22.3. The second-order valence-corrected chi connectivity index (χ2v) is 7.55. The Morgan fingerprint density at radius 2 is 1.77 bits per heavy atom. The van der Waals surface area contributed by atoms with E-state index < -0.39 is 6.04 Å². The maximum atomic E-state index is 13.3. The van der Waals surface area contributed by atoms with E-state index in [0.29, 0.717) is 25.8 Å². The van der Waals surface area contributed by atoms with Crippen LogP contribution in [-0.4, -0.2) is 36.9 Å². The second-order valence-electron chi connectivity index (χ2n) is 7.55. The Bertz CT molecular complexity index is 1040. The van der Waals surface area contributed by atoms with Crippen LogP contribution in [0.25, 0.3) is 10.8 Å². The van der Waals surface area contributed by atoms with Gasteiger partial charge < -0.3 is 15.0 Å². The topological polar surface area (TPSA) is 58.6 Å². The first-order valence-electron chi connectivity index (χ1n) is 10.7. The van der Waals surface area contributed by atoms with E-state index in [9.17, 15) is 9.59 Å². The van der Waals surface area contributed by atoms with E-state index in [4.69, 9.17) is 4.74 Å². The normalized spacial score (nSPS) is 11.7. The molecule has 0 aliphatic heterocycles. The lowest BCUT2D eigenvalue weighted by Gasteiger charge is -2.30. The van der Waals surface area contributed by atoms with Gasteiger partial charge in [0, 0.05) is 20.0 Å². The van der Waals surface area contributed by atoms with E-state index in [2.05, 4.69) is 29.6 Å². The summed E-state index contributed by atoms with van der Waals surface area (Å²) in [6.45, 7) is 2.29. The molecule has 5 nitrogen and oxygen atoms in total. The lowest BCUT2D eigenvalue weighted by atomic mass is 10.00. The smallest absolute Gasteiger partial charge is 0.242 e. The second kappa shape index (κ2) is 10.6. The van der Waals surface area contributed by atoms with Crippen LogP contribution < -0.4 is 10.1 Å². The lowest BCUT2D eigenvalue weighted by Crippen LogP contribution is -2.48. The van der Waals surface area contributed by atoms with Crippen molar-refractivity contribution in [2.24, 2.45) is 0 Å². The summed E-state index contributed by atoms with van der Waals surface area (Å²) in [5, 5.41) is 5.03. The number of amides is 2. The molecule has 0 saturated carbocycles. The number of carbonyl (C=O) groups excluding carboxylic acids is 2. The Balaban J connectivity index is 1.83. The molecule has 0 bridgehead atoms. The maximum Gasteiger partial charge on any atom is 0.242 e. The lowest BCUT2D eigenvalue weighted by molar-refractivity contribution is -0.141. The fourth-order valence-corrected chi connectivity index (χ4v) is 3.95. The molecule has 2 amide bonds. The highest BCUT2D eigenvalue weighted by Crippen LogP contribution is 2.22. The molecule has 0 aromatic heterocycles. The first-order valence-corrected chi connectivity index (χ1v) is 10.7. The van der Waals surface area contributed by atoms with Crippen LogP contribution in [0.2, 0.25) is 0 Å². The fraction of sp³-hybridized carbons (Fsp3) is 0.308. The van der Waals surface area contributed by atoms with Crippen LogP contribution >= 0.6 is 0 Å². The van der Waals surface area contributed by atoms with Crippen LogP contribution in [0.5, 0.6) is 5.75 Å². The average molecular weight is 419 g/mol. The molecule has 0 heterocycles. The summed E-state index contributed by atoms with van der Waals surface area (Å²) in [6, 6.07) is 21.5. The first-order chi connectivity index (χ1) is 15.1. The molecule has 1 atom stereocenters. The number of hydrogen-bond acceptors (Lipinski definition) is 3. The molecule has 3 aromatic rings. The number of ether oxygens (including phenoxy) is 1. The number of carbonyl (C=O) groups is 2. The number of aryl methyl sites for hydroxylation is 1. The molecule has 1 N–H and O–H groups in total. The van der Waals surface area contributed by atoms with E-state index in [-0.39, 0.29) is 11.8 Å². The summed E-state index contributed by atoms with van der Waals surface area (Å²) in [4.78, 5) is 27.6. The largest absolute Gasteiger partial charge is 0.497 e. The van der Waals surface area contributed by atoms with Gasteiger partial charge in [-0.1, -0.05) is 61.5 Å². The van der Waals surface area contributed by atoms with Gasteiger partial charge >= 0.3 is 0 Å². The van der Waals surface area contributed by atoms with E-state index in [1.54, 1.807) is 19.1 Å². The van der Waals surface area contributed by atoms with E-state index >= 15 is 0 Å². The minimum absolute atomic E-state index is 0.0359. The number of methoxy groups -OCH3 is 1. The monoisotopic (exact) mass is 418 g/mol. The van der Waals surface area contributed by atoms with Crippen molar-refractivity contribution < 1.29 is 14.3 Å². The molecule has 0 fully saturated rings. The zero-order chi connectivity index (χ0) is 22.2. The van der Waals surface area contributed by atoms with Gasteiger partial charge in [-0.15, -0.1) is 0 Å². The van der Waals surface area contributed by atoms with Crippen molar-refractivity contribution in [2.75, 3.05) is 14.2 Å². The van der Waals surface area contributed by atoms with Gasteiger partial charge in [0.2, 0.25) is 11.8 Å². The van der Waals surface area contributed by atoms with Gasteiger partial charge in [-0.3, -0.25) is 9.59 Å². The third-order valence-electron chi connectivity index (χ3n) is 5.61. The molecule has 0 aliphatic rings. The quantitative estimate of drug-likeness (QED) is 0.563. The molecular formula is C26H30N2O3. The number of fused-ring (bicyclic) bond motifs is 1. The Morgan fingerprint density at radius 3 is 2.52 bits per heavy atom. The molecule has 0 spiro atoms. The summed E-state index contributed by atoms with van der Waals surface area (Å²) in [5.74, 6) is 0.545. The van der Waals surface area contributed by atoms with Crippen LogP contribution in [-0.2, 0) is 22.6 Å². The summed E-state index contributed by atoms with van der Waals surface area (Å²) in [7, 11) is 3.22. The third kappa shape index (κ3) is 5.43. The van der Waals surface area contributed by atoms with Crippen LogP contribution in [0.1, 0.15) is 30.9 Å². The van der Waals surface area contributed by atoms with E-state index in [0.717, 1.165) is 27.6 Å². The molecule has 0 radical (unpaired) electrons. The number of rotatable bonds is 9. The summed E-state index contributed by atoms with van der Waals surface area (Å²) < 4.78 is 5.32. The van der Waals surface area contributed by atoms with Crippen molar-refractivity contribution >= 4 is 22.6 Å². The van der Waals surface area contributed by atoms with Crippen LogP contribution in [0.15, 0.2) is 66.7 Å². The maximum absolute atomic E-state index is 13.3. The predicted octanol–water partition coefficient (Wildman–Crippen LogP) is 4.33. The minimum atomic E-state index is -0.517. The van der Waals surface area contributed by atoms with Crippen LogP contribution in [0, 0.1) is 0 Å². The van der Waals surface area contributed by atoms with E-state index in [1.807, 2.05) is 49.4 Å². The molecule has 0 aliphatic carbocycles.